The largest absolute Gasteiger partial charge is 0.494 e. The van der Waals surface area contributed by atoms with Gasteiger partial charge < -0.3 is 14.8 Å². The number of carbonyl (C=O) groups is 1. The minimum atomic E-state index is -0.195. The number of hydrogen-bond acceptors (Lipinski definition) is 3. The summed E-state index contributed by atoms with van der Waals surface area (Å²) in [7, 11) is 0. The number of nitrogens with one attached hydrogen (secondary N) is 1. The topological polar surface area (TPSA) is 47.6 Å². The third kappa shape index (κ3) is 7.16. The molecule has 4 heteroatoms. The Bertz CT molecular complexity index is 964. The van der Waals surface area contributed by atoms with E-state index in [1.807, 2.05) is 42.5 Å². The van der Waals surface area contributed by atoms with E-state index in [-0.39, 0.29) is 17.9 Å². The van der Waals surface area contributed by atoms with E-state index in [0.717, 1.165) is 30.7 Å². The van der Waals surface area contributed by atoms with Gasteiger partial charge in [0.15, 0.2) is 6.61 Å². The minimum absolute atomic E-state index is 0.0335. The molecule has 3 aromatic rings. The highest BCUT2D eigenvalue weighted by Crippen LogP contribution is 2.28. The summed E-state index contributed by atoms with van der Waals surface area (Å²) in [5.74, 6) is 1.29. The summed E-state index contributed by atoms with van der Waals surface area (Å²) in [5, 5.41) is 2.85. The summed E-state index contributed by atoms with van der Waals surface area (Å²) < 4.78 is 11.4. The number of anilines is 1. The van der Waals surface area contributed by atoms with Gasteiger partial charge in [-0.2, -0.15) is 0 Å². The molecule has 168 valence electrons. The molecule has 32 heavy (non-hydrogen) atoms. The van der Waals surface area contributed by atoms with Crippen LogP contribution in [0.4, 0.5) is 5.69 Å². The van der Waals surface area contributed by atoms with E-state index in [9.17, 15) is 4.79 Å². The van der Waals surface area contributed by atoms with Crippen LogP contribution < -0.4 is 14.8 Å². The summed E-state index contributed by atoms with van der Waals surface area (Å²) in [6, 6.07) is 25.8. The molecule has 0 fully saturated rings. The molecule has 0 aliphatic rings. The molecule has 0 unspecified atom stereocenters. The van der Waals surface area contributed by atoms with Gasteiger partial charge >= 0.3 is 0 Å². The van der Waals surface area contributed by atoms with E-state index >= 15 is 0 Å². The van der Waals surface area contributed by atoms with E-state index in [1.165, 1.54) is 11.1 Å². The van der Waals surface area contributed by atoms with Crippen molar-refractivity contribution in [3.63, 3.8) is 0 Å². The van der Waals surface area contributed by atoms with Gasteiger partial charge in [-0.25, -0.2) is 0 Å². The first-order chi connectivity index (χ1) is 15.5. The molecular weight excluding hydrogens is 398 g/mol. The highest BCUT2D eigenvalue weighted by molar-refractivity contribution is 5.91. The molecule has 0 heterocycles. The monoisotopic (exact) mass is 431 g/mol. The average molecular weight is 432 g/mol. The molecule has 0 saturated carbocycles. The lowest BCUT2D eigenvalue weighted by atomic mass is 9.82. The van der Waals surface area contributed by atoms with Crippen molar-refractivity contribution < 1.29 is 14.3 Å². The smallest absolute Gasteiger partial charge is 0.262 e. The van der Waals surface area contributed by atoms with Crippen LogP contribution in [0.25, 0.3) is 0 Å². The maximum absolute atomic E-state index is 12.2. The van der Waals surface area contributed by atoms with Gasteiger partial charge in [-0.15, -0.1) is 0 Å². The van der Waals surface area contributed by atoms with Crippen LogP contribution in [0.5, 0.6) is 11.5 Å². The summed E-state index contributed by atoms with van der Waals surface area (Å²) in [4.78, 5) is 12.2. The Morgan fingerprint density at radius 3 is 2.12 bits per heavy atom. The zero-order valence-corrected chi connectivity index (χ0v) is 19.3. The number of carbonyl (C=O) groups excluding carboxylic acids is 1. The van der Waals surface area contributed by atoms with Crippen LogP contribution in [-0.2, 0) is 16.6 Å². The second kappa shape index (κ2) is 11.4. The van der Waals surface area contributed by atoms with Crippen LogP contribution in [0.3, 0.4) is 0 Å². The molecule has 0 radical (unpaired) electrons. The summed E-state index contributed by atoms with van der Waals surface area (Å²) >= 11 is 0. The summed E-state index contributed by atoms with van der Waals surface area (Å²) in [5.41, 5.74) is 3.43. The van der Waals surface area contributed by atoms with E-state index in [1.54, 1.807) is 0 Å². The third-order valence-electron chi connectivity index (χ3n) is 5.75. The van der Waals surface area contributed by atoms with Gasteiger partial charge in [0, 0.05) is 5.69 Å². The number of hydrogen-bond donors (Lipinski definition) is 1. The molecule has 3 rings (SSSR count). The van der Waals surface area contributed by atoms with Gasteiger partial charge in [-0.05, 0) is 72.2 Å². The van der Waals surface area contributed by atoms with Crippen molar-refractivity contribution in [1.29, 1.82) is 0 Å². The Morgan fingerprint density at radius 1 is 0.844 bits per heavy atom. The Hall–Kier alpha value is -3.27. The van der Waals surface area contributed by atoms with Crippen LogP contribution in [-0.4, -0.2) is 19.1 Å². The first-order valence-electron chi connectivity index (χ1n) is 11.3. The van der Waals surface area contributed by atoms with Crippen LogP contribution in [0.2, 0.25) is 0 Å². The maximum Gasteiger partial charge on any atom is 0.262 e. The number of aryl methyl sites for hydroxylation is 1. The molecule has 0 bridgehead atoms. The summed E-state index contributed by atoms with van der Waals surface area (Å²) in [6.45, 7) is 7.24. The van der Waals surface area contributed by atoms with Crippen LogP contribution in [0.15, 0.2) is 78.9 Å². The lowest BCUT2D eigenvalue weighted by molar-refractivity contribution is -0.118. The lowest BCUT2D eigenvalue weighted by Gasteiger charge is -2.23. The quantitative estimate of drug-likeness (QED) is 0.357. The number of benzene rings is 3. The highest BCUT2D eigenvalue weighted by Gasteiger charge is 2.17. The molecule has 0 spiro atoms. The third-order valence-corrected chi connectivity index (χ3v) is 5.75. The fourth-order valence-electron chi connectivity index (χ4n) is 3.30. The Morgan fingerprint density at radius 2 is 1.47 bits per heavy atom. The van der Waals surface area contributed by atoms with Crippen molar-refractivity contribution in [2.45, 2.75) is 45.4 Å². The van der Waals surface area contributed by atoms with Gasteiger partial charge in [0.2, 0.25) is 0 Å². The summed E-state index contributed by atoms with van der Waals surface area (Å²) in [6.07, 6.45) is 3.01. The van der Waals surface area contributed by atoms with E-state index < -0.39 is 0 Å². The van der Waals surface area contributed by atoms with Crippen molar-refractivity contribution in [3.8, 4) is 11.5 Å². The predicted octanol–water partition coefficient (Wildman–Crippen LogP) is 6.40. The second-order valence-corrected chi connectivity index (χ2v) is 8.56. The van der Waals surface area contributed by atoms with E-state index in [0.29, 0.717) is 12.4 Å². The molecule has 1 amide bonds. The van der Waals surface area contributed by atoms with Crippen molar-refractivity contribution in [2.75, 3.05) is 18.5 Å². The highest BCUT2D eigenvalue weighted by atomic mass is 16.5. The maximum atomic E-state index is 12.2. The number of ether oxygens (including phenoxy) is 2. The zero-order valence-electron chi connectivity index (χ0n) is 19.3. The van der Waals surface area contributed by atoms with Crippen LogP contribution >= 0.6 is 0 Å². The van der Waals surface area contributed by atoms with Gasteiger partial charge in [-0.3, -0.25) is 4.79 Å². The van der Waals surface area contributed by atoms with Gasteiger partial charge in [0.1, 0.15) is 11.5 Å². The Balaban J connectivity index is 1.38. The van der Waals surface area contributed by atoms with E-state index in [2.05, 4.69) is 62.5 Å². The minimum Gasteiger partial charge on any atom is -0.494 e. The van der Waals surface area contributed by atoms with Gasteiger partial charge in [0.25, 0.3) is 5.91 Å². The zero-order chi connectivity index (χ0) is 22.8. The molecule has 0 aromatic heterocycles. The Kier molecular flexibility index (Phi) is 8.32. The molecular formula is C28H33NO3. The molecule has 4 nitrogen and oxygen atoms in total. The molecule has 0 atom stereocenters. The number of rotatable bonds is 11. The van der Waals surface area contributed by atoms with Crippen molar-refractivity contribution in [2.24, 2.45) is 0 Å². The molecule has 1 N–H and O–H groups in total. The molecule has 0 aliphatic carbocycles. The fourth-order valence-corrected chi connectivity index (χ4v) is 3.30. The molecule has 0 aliphatic heterocycles. The standard InChI is InChI=1S/C28H33NO3/c1-4-28(2,3)23-12-16-26(17-13-23)32-21-27(30)29-24-14-18-25(19-15-24)31-20-8-11-22-9-6-5-7-10-22/h5-7,9-10,12-19H,4,8,11,20-21H2,1-3H3,(H,29,30). The first-order valence-corrected chi connectivity index (χ1v) is 11.3. The lowest BCUT2D eigenvalue weighted by Crippen LogP contribution is -2.20. The van der Waals surface area contributed by atoms with E-state index in [4.69, 9.17) is 9.47 Å². The predicted molar refractivity (Wildman–Crippen MR) is 131 cm³/mol. The van der Waals surface area contributed by atoms with Crippen molar-refractivity contribution >= 4 is 11.6 Å². The average Bonchev–Trinajstić information content (AvgIpc) is 2.82. The Labute approximate surface area is 191 Å². The molecule has 0 saturated heterocycles. The first kappa shape index (κ1) is 23.4. The van der Waals surface area contributed by atoms with Crippen molar-refractivity contribution in [3.05, 3.63) is 90.0 Å². The van der Waals surface area contributed by atoms with Gasteiger partial charge in [0.05, 0.1) is 6.61 Å². The fraction of sp³-hybridized carbons (Fsp3) is 0.321. The van der Waals surface area contributed by atoms with Gasteiger partial charge in [-0.1, -0.05) is 63.2 Å². The van der Waals surface area contributed by atoms with Crippen LogP contribution in [0, 0.1) is 0 Å². The second-order valence-electron chi connectivity index (χ2n) is 8.56. The molecule has 3 aromatic carbocycles. The number of amides is 1. The van der Waals surface area contributed by atoms with Crippen LogP contribution in [0.1, 0.15) is 44.7 Å². The normalized spacial score (nSPS) is 11.1. The SMILES string of the molecule is CCC(C)(C)c1ccc(OCC(=O)Nc2ccc(OCCCc3ccccc3)cc2)cc1. The van der Waals surface area contributed by atoms with Crippen molar-refractivity contribution in [1.82, 2.24) is 0 Å².